The van der Waals surface area contributed by atoms with Crippen molar-refractivity contribution in [2.45, 2.75) is 13.2 Å². The maximum Gasteiger partial charge on any atom is 0.404 e. The monoisotopic (exact) mass is 374 g/mol. The number of anilines is 2. The molecule has 7 nitrogen and oxygen atoms in total. The fourth-order valence-electron chi connectivity index (χ4n) is 3.17. The number of primary amides is 1. The largest absolute Gasteiger partial charge is 0.445 e. The molecule has 2 heterocycles. The Morgan fingerprint density at radius 3 is 2.63 bits per heavy atom. The summed E-state index contributed by atoms with van der Waals surface area (Å²) >= 11 is 0. The van der Waals surface area contributed by atoms with Crippen molar-refractivity contribution in [3.63, 3.8) is 0 Å². The van der Waals surface area contributed by atoms with Gasteiger partial charge in [0, 0.05) is 45.0 Å². The third-order valence-electron chi connectivity index (χ3n) is 4.51. The Morgan fingerprint density at radius 1 is 1.19 bits per heavy atom. The number of ether oxygens (including phenoxy) is 2. The number of nitrogens with zero attached hydrogens (tertiary/aromatic N) is 3. The summed E-state index contributed by atoms with van der Waals surface area (Å²) in [6.07, 6.45) is 2.70. The second-order valence-corrected chi connectivity index (χ2v) is 6.32. The van der Waals surface area contributed by atoms with Crippen LogP contribution in [0.25, 0.3) is 0 Å². The minimum absolute atomic E-state index is 0.174. The van der Waals surface area contributed by atoms with Gasteiger partial charge in [0.05, 0.1) is 24.2 Å². The first-order valence-corrected chi connectivity index (χ1v) is 8.71. The molecule has 0 bridgehead atoms. The molecule has 2 aromatic rings. The molecule has 1 aromatic heterocycles. The number of nitrogens with two attached hydrogens (primary N) is 1. The van der Waals surface area contributed by atoms with Crippen LogP contribution in [0.4, 0.5) is 20.6 Å². The van der Waals surface area contributed by atoms with Gasteiger partial charge in [-0.25, -0.2) is 9.18 Å². The summed E-state index contributed by atoms with van der Waals surface area (Å²) in [6.45, 7) is 3.19. The average molecular weight is 374 g/mol. The molecule has 1 fully saturated rings. The van der Waals surface area contributed by atoms with Crippen molar-refractivity contribution in [1.29, 1.82) is 0 Å². The Balaban J connectivity index is 1.66. The summed E-state index contributed by atoms with van der Waals surface area (Å²) in [7, 11) is 1.66. The van der Waals surface area contributed by atoms with E-state index in [1.165, 1.54) is 0 Å². The van der Waals surface area contributed by atoms with Gasteiger partial charge in [-0.3, -0.25) is 4.98 Å². The minimum atomic E-state index is -0.919. The molecule has 0 atom stereocenters. The van der Waals surface area contributed by atoms with Crippen molar-refractivity contribution in [1.82, 2.24) is 4.98 Å². The molecule has 144 valence electrons. The van der Waals surface area contributed by atoms with Gasteiger partial charge in [0.2, 0.25) is 0 Å². The Bertz CT molecular complexity index is 794. The first-order chi connectivity index (χ1) is 13.1. The van der Waals surface area contributed by atoms with Crippen molar-refractivity contribution >= 4 is 17.5 Å². The van der Waals surface area contributed by atoms with Crippen LogP contribution < -0.4 is 15.5 Å². The van der Waals surface area contributed by atoms with Crippen molar-refractivity contribution in [3.05, 3.63) is 53.6 Å². The van der Waals surface area contributed by atoms with Crippen molar-refractivity contribution in [2.24, 2.45) is 5.73 Å². The van der Waals surface area contributed by atoms with E-state index >= 15 is 0 Å². The quantitative estimate of drug-likeness (QED) is 0.836. The Kier molecular flexibility index (Phi) is 6.08. The van der Waals surface area contributed by atoms with Crippen molar-refractivity contribution < 1.29 is 18.7 Å². The lowest BCUT2D eigenvalue weighted by Gasteiger charge is -2.37. The van der Waals surface area contributed by atoms with Gasteiger partial charge < -0.3 is 25.0 Å². The summed E-state index contributed by atoms with van der Waals surface area (Å²) in [5, 5.41) is 0. The number of piperazine rings is 1. The van der Waals surface area contributed by atoms with Crippen LogP contribution in [-0.4, -0.2) is 44.4 Å². The second-order valence-electron chi connectivity index (χ2n) is 6.32. The SMILES string of the molecule is COCc1cncc(N2CCN(c3cccc(COC(N)=O)c3F)CC2)c1. The zero-order chi connectivity index (χ0) is 19.2. The number of benzene rings is 1. The summed E-state index contributed by atoms with van der Waals surface area (Å²) in [6, 6.07) is 7.14. The fourth-order valence-corrected chi connectivity index (χ4v) is 3.17. The van der Waals surface area contributed by atoms with Gasteiger partial charge in [-0.2, -0.15) is 0 Å². The number of carbonyl (C=O) groups is 1. The number of rotatable bonds is 6. The highest BCUT2D eigenvalue weighted by Gasteiger charge is 2.21. The molecular formula is C19H23FN4O3. The number of carbonyl (C=O) groups excluding carboxylic acids is 1. The molecule has 1 aliphatic rings. The van der Waals surface area contributed by atoms with Crippen LogP contribution in [0.15, 0.2) is 36.7 Å². The third kappa shape index (κ3) is 4.65. The van der Waals surface area contributed by atoms with E-state index in [1.54, 1.807) is 31.5 Å². The lowest BCUT2D eigenvalue weighted by molar-refractivity contribution is 0.149. The third-order valence-corrected chi connectivity index (χ3v) is 4.51. The molecule has 3 rings (SSSR count). The van der Waals surface area contributed by atoms with Crippen LogP contribution in [0, 0.1) is 5.82 Å². The molecule has 0 spiro atoms. The number of hydrogen-bond acceptors (Lipinski definition) is 6. The standard InChI is InChI=1S/C19H23FN4O3/c1-26-12-14-9-16(11-22-10-14)23-5-7-24(8-6-23)17-4-2-3-15(18(17)20)13-27-19(21)25/h2-4,9-11H,5-8,12-13H2,1H3,(H2,21,25). The smallest absolute Gasteiger partial charge is 0.404 e. The maximum atomic E-state index is 14.8. The number of hydrogen-bond donors (Lipinski definition) is 1. The van der Waals surface area contributed by atoms with Crippen molar-refractivity contribution in [3.8, 4) is 0 Å². The molecule has 0 aliphatic carbocycles. The summed E-state index contributed by atoms with van der Waals surface area (Å²) in [5.74, 6) is -0.379. The second kappa shape index (κ2) is 8.68. The minimum Gasteiger partial charge on any atom is -0.445 e. The fraction of sp³-hybridized carbons (Fsp3) is 0.368. The lowest BCUT2D eigenvalue weighted by Crippen LogP contribution is -2.47. The molecule has 0 saturated carbocycles. The van der Waals surface area contributed by atoms with Gasteiger partial charge in [-0.15, -0.1) is 0 Å². The summed E-state index contributed by atoms with van der Waals surface area (Å²) < 4.78 is 24.6. The van der Waals surface area contributed by atoms with E-state index in [0.717, 1.165) is 24.3 Å². The summed E-state index contributed by atoms with van der Waals surface area (Å²) in [4.78, 5) is 19.2. The number of amides is 1. The summed E-state index contributed by atoms with van der Waals surface area (Å²) in [5.41, 5.74) is 7.83. The number of methoxy groups -OCH3 is 1. The van der Waals surface area contributed by atoms with Gasteiger partial charge in [0.15, 0.2) is 5.82 Å². The molecular weight excluding hydrogens is 351 g/mol. The number of halogens is 1. The van der Waals surface area contributed by atoms with Crippen LogP contribution in [0.5, 0.6) is 0 Å². The van der Waals surface area contributed by atoms with Gasteiger partial charge in [0.25, 0.3) is 0 Å². The molecule has 1 saturated heterocycles. The Hall–Kier alpha value is -2.87. The van der Waals surface area contributed by atoms with Crippen LogP contribution in [0.3, 0.4) is 0 Å². The van der Waals surface area contributed by atoms with E-state index < -0.39 is 6.09 Å². The van der Waals surface area contributed by atoms with Gasteiger partial charge in [-0.1, -0.05) is 12.1 Å². The Labute approximate surface area is 157 Å². The van der Waals surface area contributed by atoms with Gasteiger partial charge >= 0.3 is 6.09 Å². The number of aromatic nitrogens is 1. The van der Waals surface area contributed by atoms with Gasteiger partial charge in [-0.05, 0) is 17.7 Å². The van der Waals surface area contributed by atoms with E-state index in [0.29, 0.717) is 30.9 Å². The van der Waals surface area contributed by atoms with Crippen LogP contribution in [0.1, 0.15) is 11.1 Å². The normalized spacial score (nSPS) is 14.3. The first-order valence-electron chi connectivity index (χ1n) is 8.71. The molecule has 8 heteroatoms. The van der Waals surface area contributed by atoms with Crippen molar-refractivity contribution in [2.75, 3.05) is 43.1 Å². The topological polar surface area (TPSA) is 80.9 Å². The van der Waals surface area contributed by atoms with Crippen LogP contribution in [0.2, 0.25) is 0 Å². The van der Waals surface area contributed by atoms with E-state index in [2.05, 4.69) is 16.0 Å². The predicted octanol–water partition coefficient (Wildman–Crippen LogP) is 2.29. The van der Waals surface area contributed by atoms with E-state index in [1.807, 2.05) is 11.1 Å². The lowest BCUT2D eigenvalue weighted by atomic mass is 10.1. The van der Waals surface area contributed by atoms with E-state index in [9.17, 15) is 9.18 Å². The molecule has 2 N–H and O–H groups in total. The molecule has 1 aliphatic heterocycles. The highest BCUT2D eigenvalue weighted by Crippen LogP contribution is 2.25. The maximum absolute atomic E-state index is 14.8. The predicted molar refractivity (Wildman–Crippen MR) is 100 cm³/mol. The highest BCUT2D eigenvalue weighted by atomic mass is 19.1. The molecule has 0 radical (unpaired) electrons. The van der Waals surface area contributed by atoms with E-state index in [4.69, 9.17) is 15.2 Å². The number of pyridine rings is 1. The highest BCUT2D eigenvalue weighted by molar-refractivity contribution is 5.64. The average Bonchev–Trinajstić information content (AvgIpc) is 2.68. The zero-order valence-corrected chi connectivity index (χ0v) is 15.2. The molecule has 27 heavy (non-hydrogen) atoms. The van der Waals surface area contributed by atoms with Crippen LogP contribution in [-0.2, 0) is 22.7 Å². The van der Waals surface area contributed by atoms with E-state index in [-0.39, 0.29) is 12.4 Å². The zero-order valence-electron chi connectivity index (χ0n) is 15.2. The first kappa shape index (κ1) is 18.9. The Morgan fingerprint density at radius 2 is 1.93 bits per heavy atom. The molecule has 0 unspecified atom stereocenters. The molecule has 1 amide bonds. The van der Waals surface area contributed by atoms with Gasteiger partial charge in [0.1, 0.15) is 6.61 Å². The van der Waals surface area contributed by atoms with Crippen LogP contribution >= 0.6 is 0 Å². The molecule has 1 aromatic carbocycles.